The van der Waals surface area contributed by atoms with Crippen LogP contribution >= 0.6 is 23.1 Å². The molecule has 1 aromatic carbocycles. The monoisotopic (exact) mass is 348 g/mol. The van der Waals surface area contributed by atoms with E-state index in [1.165, 1.54) is 11.3 Å². The van der Waals surface area contributed by atoms with Crippen LogP contribution in [0.25, 0.3) is 4.96 Å². The number of methoxy groups -OCH3 is 1. The number of nitrogens with zero attached hydrogens (tertiary/aromatic N) is 2. The van der Waals surface area contributed by atoms with Gasteiger partial charge >= 0.3 is 0 Å². The fourth-order valence-electron chi connectivity index (χ4n) is 2.03. The molecule has 2 aromatic heterocycles. The van der Waals surface area contributed by atoms with Gasteiger partial charge in [0.25, 0.3) is 5.56 Å². The van der Waals surface area contributed by atoms with Gasteiger partial charge < -0.3 is 9.47 Å². The second kappa shape index (κ2) is 7.52. The maximum Gasteiger partial charge on any atom is 0.258 e. The molecule has 0 aliphatic carbocycles. The van der Waals surface area contributed by atoms with Gasteiger partial charge in [0.2, 0.25) is 0 Å². The van der Waals surface area contributed by atoms with Crippen molar-refractivity contribution >= 4 is 28.1 Å². The van der Waals surface area contributed by atoms with Crippen molar-refractivity contribution in [2.45, 2.75) is 5.75 Å². The van der Waals surface area contributed by atoms with Gasteiger partial charge in [-0.1, -0.05) is 0 Å². The van der Waals surface area contributed by atoms with Crippen molar-refractivity contribution in [2.24, 2.45) is 0 Å². The summed E-state index contributed by atoms with van der Waals surface area (Å²) in [6.07, 6.45) is 1.74. The molecule has 0 spiro atoms. The second-order valence-corrected chi connectivity index (χ2v) is 6.70. The number of benzene rings is 1. The van der Waals surface area contributed by atoms with E-state index in [1.54, 1.807) is 35.5 Å². The van der Waals surface area contributed by atoms with Crippen LogP contribution < -0.4 is 15.0 Å². The lowest BCUT2D eigenvalue weighted by Gasteiger charge is -2.07. The van der Waals surface area contributed by atoms with E-state index in [2.05, 4.69) is 4.98 Å². The van der Waals surface area contributed by atoms with E-state index in [4.69, 9.17) is 9.47 Å². The molecule has 23 heavy (non-hydrogen) atoms. The molecule has 0 bridgehead atoms. The molecular formula is C16H16N2O3S2. The third-order valence-electron chi connectivity index (χ3n) is 3.16. The molecule has 0 saturated carbocycles. The van der Waals surface area contributed by atoms with Gasteiger partial charge in [-0.05, 0) is 24.3 Å². The Kier molecular flexibility index (Phi) is 5.19. The van der Waals surface area contributed by atoms with Gasteiger partial charge in [0.15, 0.2) is 4.96 Å². The van der Waals surface area contributed by atoms with Crippen molar-refractivity contribution in [1.82, 2.24) is 9.38 Å². The summed E-state index contributed by atoms with van der Waals surface area (Å²) in [7, 11) is 1.64. The summed E-state index contributed by atoms with van der Waals surface area (Å²) < 4.78 is 12.3. The van der Waals surface area contributed by atoms with Crippen molar-refractivity contribution in [1.29, 1.82) is 0 Å². The van der Waals surface area contributed by atoms with Gasteiger partial charge in [0.05, 0.1) is 19.4 Å². The lowest BCUT2D eigenvalue weighted by atomic mass is 10.3. The van der Waals surface area contributed by atoms with E-state index in [0.717, 1.165) is 27.9 Å². The minimum absolute atomic E-state index is 0.0265. The molecule has 3 rings (SSSR count). The van der Waals surface area contributed by atoms with Gasteiger partial charge in [0, 0.05) is 29.1 Å². The Morgan fingerprint density at radius 1 is 1.26 bits per heavy atom. The summed E-state index contributed by atoms with van der Waals surface area (Å²) in [6.45, 7) is 0.608. The first-order valence-electron chi connectivity index (χ1n) is 7.06. The van der Waals surface area contributed by atoms with Crippen LogP contribution in [0.4, 0.5) is 0 Å². The lowest BCUT2D eigenvalue weighted by molar-refractivity contribution is 0.342. The molecule has 0 radical (unpaired) electrons. The number of ether oxygens (including phenoxy) is 2. The van der Waals surface area contributed by atoms with Crippen molar-refractivity contribution < 1.29 is 9.47 Å². The fourth-order valence-corrected chi connectivity index (χ4v) is 3.47. The van der Waals surface area contributed by atoms with Crippen LogP contribution in [0.2, 0.25) is 0 Å². The molecule has 3 aromatic rings. The van der Waals surface area contributed by atoms with Crippen molar-refractivity contribution in [3.63, 3.8) is 0 Å². The Morgan fingerprint density at radius 2 is 2.04 bits per heavy atom. The Bertz CT molecular complexity index is 827. The predicted molar refractivity (Wildman–Crippen MR) is 94.0 cm³/mol. The average Bonchev–Trinajstić information content (AvgIpc) is 3.04. The molecule has 0 unspecified atom stereocenters. The van der Waals surface area contributed by atoms with Crippen LogP contribution in [0.3, 0.4) is 0 Å². The molecule has 2 heterocycles. The maximum atomic E-state index is 11.9. The number of fused-ring (bicyclic) bond motifs is 1. The lowest BCUT2D eigenvalue weighted by Crippen LogP contribution is -2.12. The molecule has 0 aliphatic rings. The van der Waals surface area contributed by atoms with E-state index in [1.807, 2.05) is 29.6 Å². The Balaban J connectivity index is 1.46. The first-order valence-corrected chi connectivity index (χ1v) is 9.10. The molecule has 7 heteroatoms. The van der Waals surface area contributed by atoms with Crippen LogP contribution in [0.1, 0.15) is 5.69 Å². The summed E-state index contributed by atoms with van der Waals surface area (Å²) in [6, 6.07) is 9.11. The molecule has 0 fully saturated rings. The van der Waals surface area contributed by atoms with Crippen molar-refractivity contribution in [3.8, 4) is 11.5 Å². The maximum absolute atomic E-state index is 11.9. The highest BCUT2D eigenvalue weighted by Crippen LogP contribution is 2.18. The van der Waals surface area contributed by atoms with Crippen LogP contribution in [-0.4, -0.2) is 28.9 Å². The molecular weight excluding hydrogens is 332 g/mol. The zero-order valence-corrected chi connectivity index (χ0v) is 14.2. The molecule has 120 valence electrons. The number of hydrogen-bond donors (Lipinski definition) is 0. The largest absolute Gasteiger partial charge is 0.497 e. The molecule has 0 atom stereocenters. The molecule has 0 saturated heterocycles. The van der Waals surface area contributed by atoms with E-state index in [-0.39, 0.29) is 5.56 Å². The van der Waals surface area contributed by atoms with Crippen LogP contribution in [0.15, 0.2) is 46.7 Å². The summed E-state index contributed by atoms with van der Waals surface area (Å²) in [5.74, 6) is 3.17. The Morgan fingerprint density at radius 3 is 2.83 bits per heavy atom. The van der Waals surface area contributed by atoms with Crippen LogP contribution in [0.5, 0.6) is 11.5 Å². The highest BCUT2D eigenvalue weighted by molar-refractivity contribution is 7.98. The number of thiazole rings is 1. The number of aromatic nitrogens is 2. The van der Waals surface area contributed by atoms with Gasteiger partial charge in [-0.2, -0.15) is 11.8 Å². The molecule has 0 amide bonds. The van der Waals surface area contributed by atoms with Crippen LogP contribution in [-0.2, 0) is 5.75 Å². The van der Waals surface area contributed by atoms with E-state index in [0.29, 0.717) is 12.4 Å². The zero-order valence-electron chi connectivity index (χ0n) is 12.6. The summed E-state index contributed by atoms with van der Waals surface area (Å²) in [5.41, 5.74) is 0.785. The van der Waals surface area contributed by atoms with Crippen LogP contribution in [0, 0.1) is 0 Å². The quantitative estimate of drug-likeness (QED) is 0.614. The Labute approximate surface area is 141 Å². The fraction of sp³-hybridized carbons (Fsp3) is 0.250. The summed E-state index contributed by atoms with van der Waals surface area (Å²) in [5, 5.41) is 1.86. The van der Waals surface area contributed by atoms with Crippen molar-refractivity contribution in [3.05, 3.63) is 58.0 Å². The molecule has 5 nitrogen and oxygen atoms in total. The van der Waals surface area contributed by atoms with Gasteiger partial charge in [0.1, 0.15) is 11.5 Å². The number of thioether (sulfide) groups is 1. The third kappa shape index (κ3) is 4.05. The average molecular weight is 348 g/mol. The topological polar surface area (TPSA) is 52.8 Å². The van der Waals surface area contributed by atoms with Gasteiger partial charge in [-0.25, -0.2) is 4.98 Å². The Hall–Kier alpha value is -1.99. The number of hydrogen-bond acceptors (Lipinski definition) is 6. The third-order valence-corrected chi connectivity index (χ3v) is 4.87. The molecule has 0 N–H and O–H groups in total. The van der Waals surface area contributed by atoms with Crippen molar-refractivity contribution in [2.75, 3.05) is 19.5 Å². The van der Waals surface area contributed by atoms with E-state index >= 15 is 0 Å². The van der Waals surface area contributed by atoms with Gasteiger partial charge in [-0.15, -0.1) is 11.3 Å². The second-order valence-electron chi connectivity index (χ2n) is 4.72. The molecule has 0 aliphatic heterocycles. The first-order chi connectivity index (χ1) is 11.3. The van der Waals surface area contributed by atoms with E-state index in [9.17, 15) is 4.79 Å². The minimum Gasteiger partial charge on any atom is -0.497 e. The smallest absolute Gasteiger partial charge is 0.258 e. The summed E-state index contributed by atoms with van der Waals surface area (Å²) >= 11 is 3.16. The standard InChI is InChI=1S/C16H16N2O3S2/c1-20-13-2-4-14(5-3-13)21-7-9-22-11-12-10-15(19)18-6-8-23-16(18)17-12/h2-6,8,10H,7,9,11H2,1H3. The number of rotatable bonds is 7. The zero-order chi connectivity index (χ0) is 16.1. The first kappa shape index (κ1) is 15.9. The predicted octanol–water partition coefficient (Wildman–Crippen LogP) is 3.08. The SMILES string of the molecule is COc1ccc(OCCSCc2cc(=O)n3ccsc3n2)cc1. The highest BCUT2D eigenvalue weighted by atomic mass is 32.2. The van der Waals surface area contributed by atoms with Gasteiger partial charge in [-0.3, -0.25) is 9.20 Å². The van der Waals surface area contributed by atoms with E-state index < -0.39 is 0 Å². The normalized spacial score (nSPS) is 10.8. The highest BCUT2D eigenvalue weighted by Gasteiger charge is 2.03. The summed E-state index contributed by atoms with van der Waals surface area (Å²) in [4.78, 5) is 17.1. The minimum atomic E-state index is -0.0265.